The van der Waals surface area contributed by atoms with Crippen molar-refractivity contribution in [2.24, 2.45) is 0 Å². The van der Waals surface area contributed by atoms with Crippen molar-refractivity contribution in [3.8, 4) is 0 Å². The number of rotatable bonds is 2. The summed E-state index contributed by atoms with van der Waals surface area (Å²) in [6.45, 7) is 3.66. The topological polar surface area (TPSA) is 17.1 Å². The molecule has 1 rings (SSSR count). The Morgan fingerprint density at radius 1 is 1.27 bits per heavy atom. The maximum atomic E-state index is 10.6. The summed E-state index contributed by atoms with van der Waals surface area (Å²) in [6, 6.07) is 0. The normalized spacial score (nSPS) is 16.7. The van der Waals surface area contributed by atoms with Gasteiger partial charge in [-0.2, -0.15) is 0 Å². The molecule has 0 amide bonds. The Hall–Kier alpha value is -0.850. The fourth-order valence-electron chi connectivity index (χ4n) is 1.11. The predicted molar refractivity (Wildman–Crippen MR) is 46.4 cm³/mol. The van der Waals surface area contributed by atoms with Crippen LogP contribution in [0.25, 0.3) is 0 Å². The lowest BCUT2D eigenvalue weighted by atomic mass is 9.88. The van der Waals surface area contributed by atoms with E-state index in [-0.39, 0.29) is 5.78 Å². The van der Waals surface area contributed by atoms with E-state index in [1.54, 1.807) is 13.0 Å². The van der Waals surface area contributed by atoms with Crippen LogP contribution in [-0.4, -0.2) is 5.78 Å². The third-order valence-corrected chi connectivity index (χ3v) is 2.08. The molecular formula is C10H14O. The lowest BCUT2D eigenvalue weighted by Crippen LogP contribution is -1.99. The first kappa shape index (κ1) is 8.25. The molecule has 1 saturated carbocycles. The maximum Gasteiger partial charge on any atom is 0.152 e. The van der Waals surface area contributed by atoms with Crippen LogP contribution in [0.1, 0.15) is 33.1 Å². The number of allylic oxidation sites excluding steroid dienone is 4. The predicted octanol–water partition coefficient (Wildman–Crippen LogP) is 2.63. The minimum absolute atomic E-state index is 0.129. The van der Waals surface area contributed by atoms with Crippen LogP contribution in [0.3, 0.4) is 0 Å². The van der Waals surface area contributed by atoms with E-state index in [1.807, 2.05) is 6.08 Å². The van der Waals surface area contributed by atoms with Gasteiger partial charge in [-0.1, -0.05) is 17.2 Å². The van der Waals surface area contributed by atoms with Gasteiger partial charge in [0.25, 0.3) is 0 Å². The van der Waals surface area contributed by atoms with E-state index in [0.29, 0.717) is 0 Å². The zero-order valence-corrected chi connectivity index (χ0v) is 7.18. The molecule has 0 bridgehead atoms. The smallest absolute Gasteiger partial charge is 0.152 e. The zero-order valence-electron chi connectivity index (χ0n) is 7.18. The van der Waals surface area contributed by atoms with Gasteiger partial charge < -0.3 is 0 Å². The van der Waals surface area contributed by atoms with Gasteiger partial charge in [-0.15, -0.1) is 0 Å². The van der Waals surface area contributed by atoms with Crippen molar-refractivity contribution in [2.75, 3.05) is 0 Å². The summed E-state index contributed by atoms with van der Waals surface area (Å²) in [5, 5.41) is 0. The lowest BCUT2D eigenvalue weighted by molar-refractivity contribution is -0.112. The van der Waals surface area contributed by atoms with Crippen LogP contribution in [0.2, 0.25) is 0 Å². The van der Waals surface area contributed by atoms with Gasteiger partial charge in [-0.05, 0) is 39.2 Å². The van der Waals surface area contributed by atoms with Crippen molar-refractivity contribution in [3.05, 3.63) is 23.3 Å². The molecular weight excluding hydrogens is 136 g/mol. The quantitative estimate of drug-likeness (QED) is 0.553. The molecule has 60 valence electrons. The van der Waals surface area contributed by atoms with E-state index in [9.17, 15) is 4.79 Å². The van der Waals surface area contributed by atoms with Gasteiger partial charge in [0.1, 0.15) is 0 Å². The monoisotopic (exact) mass is 150 g/mol. The van der Waals surface area contributed by atoms with Gasteiger partial charge in [-0.25, -0.2) is 0 Å². The first-order valence-corrected chi connectivity index (χ1v) is 4.07. The van der Waals surface area contributed by atoms with Gasteiger partial charge in [0, 0.05) is 0 Å². The van der Waals surface area contributed by atoms with Crippen molar-refractivity contribution in [1.29, 1.82) is 0 Å². The number of hydrogen-bond donors (Lipinski definition) is 0. The molecule has 0 unspecified atom stereocenters. The molecule has 0 aliphatic heterocycles. The van der Waals surface area contributed by atoms with Crippen molar-refractivity contribution in [2.45, 2.75) is 33.1 Å². The second kappa shape index (κ2) is 3.51. The molecule has 0 radical (unpaired) electrons. The molecule has 0 aromatic heterocycles. The summed E-state index contributed by atoms with van der Waals surface area (Å²) in [5.74, 6) is 0.129. The average Bonchev–Trinajstić information content (AvgIpc) is 1.79. The van der Waals surface area contributed by atoms with Crippen LogP contribution >= 0.6 is 0 Å². The molecule has 1 nitrogen and oxygen atoms in total. The molecule has 1 heteroatoms. The van der Waals surface area contributed by atoms with Crippen molar-refractivity contribution in [3.63, 3.8) is 0 Å². The molecule has 0 aromatic rings. The van der Waals surface area contributed by atoms with Gasteiger partial charge in [-0.3, -0.25) is 4.79 Å². The van der Waals surface area contributed by atoms with Crippen LogP contribution < -0.4 is 0 Å². The van der Waals surface area contributed by atoms with Crippen LogP contribution in [0.4, 0.5) is 0 Å². The molecule has 0 aromatic carbocycles. The number of carbonyl (C=O) groups is 1. The number of ketones is 1. The fraction of sp³-hybridized carbons (Fsp3) is 0.500. The molecule has 0 N–H and O–H groups in total. The third kappa shape index (κ3) is 2.34. The summed E-state index contributed by atoms with van der Waals surface area (Å²) in [6.07, 6.45) is 7.35. The van der Waals surface area contributed by atoms with Crippen LogP contribution in [0.15, 0.2) is 23.3 Å². The standard InChI is InChI=1S/C10H14O/c1-8(6-7-9(2)11)10-4-3-5-10/h6-7H,3-5H2,1-2H3/b7-6-. The van der Waals surface area contributed by atoms with Crippen LogP contribution in [-0.2, 0) is 4.79 Å². The van der Waals surface area contributed by atoms with E-state index < -0.39 is 0 Å². The molecule has 0 heterocycles. The van der Waals surface area contributed by atoms with Gasteiger partial charge in [0.05, 0.1) is 0 Å². The Bertz CT molecular complexity index is 215. The van der Waals surface area contributed by atoms with Crippen LogP contribution in [0.5, 0.6) is 0 Å². The van der Waals surface area contributed by atoms with Gasteiger partial charge >= 0.3 is 0 Å². The molecule has 0 saturated heterocycles. The number of carbonyl (C=O) groups excluding carboxylic acids is 1. The van der Waals surface area contributed by atoms with E-state index >= 15 is 0 Å². The molecule has 0 atom stereocenters. The SMILES string of the molecule is CC(=O)/C=C\C(C)=C1CCC1. The molecule has 1 aliphatic carbocycles. The third-order valence-electron chi connectivity index (χ3n) is 2.08. The van der Waals surface area contributed by atoms with Crippen LogP contribution in [0, 0.1) is 0 Å². The number of hydrogen-bond acceptors (Lipinski definition) is 1. The van der Waals surface area contributed by atoms with Crippen molar-refractivity contribution < 1.29 is 4.79 Å². The minimum atomic E-state index is 0.129. The van der Waals surface area contributed by atoms with Crippen molar-refractivity contribution in [1.82, 2.24) is 0 Å². The molecule has 1 fully saturated rings. The summed E-state index contributed by atoms with van der Waals surface area (Å²) < 4.78 is 0. The van der Waals surface area contributed by atoms with E-state index in [1.165, 1.54) is 30.4 Å². The van der Waals surface area contributed by atoms with E-state index in [4.69, 9.17) is 0 Å². The van der Waals surface area contributed by atoms with Crippen molar-refractivity contribution >= 4 is 5.78 Å². The highest BCUT2D eigenvalue weighted by Gasteiger charge is 2.09. The Morgan fingerprint density at radius 2 is 1.91 bits per heavy atom. The van der Waals surface area contributed by atoms with Gasteiger partial charge in [0.15, 0.2) is 5.78 Å². The maximum absolute atomic E-state index is 10.6. The zero-order chi connectivity index (χ0) is 8.27. The highest BCUT2D eigenvalue weighted by molar-refractivity contribution is 5.87. The minimum Gasteiger partial charge on any atom is -0.295 e. The molecule has 1 aliphatic rings. The first-order valence-electron chi connectivity index (χ1n) is 4.07. The fourth-order valence-corrected chi connectivity index (χ4v) is 1.11. The first-order chi connectivity index (χ1) is 5.20. The Labute approximate surface area is 67.8 Å². The molecule has 0 spiro atoms. The van der Waals surface area contributed by atoms with E-state index in [2.05, 4.69) is 6.92 Å². The Kier molecular flexibility index (Phi) is 2.64. The summed E-state index contributed by atoms with van der Waals surface area (Å²) in [5.41, 5.74) is 2.80. The summed E-state index contributed by atoms with van der Waals surface area (Å²) in [7, 11) is 0. The van der Waals surface area contributed by atoms with Gasteiger partial charge in [0.2, 0.25) is 0 Å². The second-order valence-electron chi connectivity index (χ2n) is 3.08. The average molecular weight is 150 g/mol. The van der Waals surface area contributed by atoms with E-state index in [0.717, 1.165) is 0 Å². The largest absolute Gasteiger partial charge is 0.295 e. The second-order valence-corrected chi connectivity index (χ2v) is 3.08. The lowest BCUT2D eigenvalue weighted by Gasteiger charge is -2.18. The molecule has 11 heavy (non-hydrogen) atoms. The summed E-state index contributed by atoms with van der Waals surface area (Å²) >= 11 is 0. The highest BCUT2D eigenvalue weighted by Crippen LogP contribution is 2.28. The highest BCUT2D eigenvalue weighted by atomic mass is 16.1. The summed E-state index contributed by atoms with van der Waals surface area (Å²) in [4.78, 5) is 10.6. The Balaban J connectivity index is 2.54. The Morgan fingerprint density at radius 3 is 2.27 bits per heavy atom.